The number of thioether (sulfide) groups is 1. The largest absolute Gasteiger partial charge is 0.487 e. The Morgan fingerprint density at radius 2 is 2.26 bits per heavy atom. The second-order valence-electron chi connectivity index (χ2n) is 4.90. The summed E-state index contributed by atoms with van der Waals surface area (Å²) < 4.78 is 6.20. The Labute approximate surface area is 129 Å². The smallest absolute Gasteiger partial charge is 0.141 e. The minimum Gasteiger partial charge on any atom is -0.487 e. The van der Waals surface area contributed by atoms with Crippen LogP contribution >= 0.6 is 35.0 Å². The third-order valence-electron chi connectivity index (χ3n) is 3.42. The van der Waals surface area contributed by atoms with Gasteiger partial charge in [-0.15, -0.1) is 0 Å². The molecule has 0 saturated carbocycles. The SMILES string of the molecule is CSC[C@@H](Oc1c(C)cc(Cl)cc1Cl)[C@H]1CCNC1. The van der Waals surface area contributed by atoms with E-state index in [0.717, 1.165) is 36.6 Å². The summed E-state index contributed by atoms with van der Waals surface area (Å²) in [5.41, 5.74) is 0.995. The Balaban J connectivity index is 2.16. The van der Waals surface area contributed by atoms with Crippen molar-refractivity contribution < 1.29 is 4.74 Å². The number of benzene rings is 1. The van der Waals surface area contributed by atoms with E-state index in [1.165, 1.54) is 0 Å². The molecule has 2 nitrogen and oxygen atoms in total. The molecule has 1 aliphatic rings. The molecule has 2 atom stereocenters. The van der Waals surface area contributed by atoms with Gasteiger partial charge < -0.3 is 10.1 Å². The summed E-state index contributed by atoms with van der Waals surface area (Å²) in [6.07, 6.45) is 3.47. The number of nitrogens with one attached hydrogen (secondary N) is 1. The molecule has 1 N–H and O–H groups in total. The zero-order valence-corrected chi connectivity index (χ0v) is 13.5. The van der Waals surface area contributed by atoms with Gasteiger partial charge in [-0.2, -0.15) is 11.8 Å². The first kappa shape index (κ1) is 15.3. The highest BCUT2D eigenvalue weighted by Crippen LogP contribution is 2.34. The highest BCUT2D eigenvalue weighted by molar-refractivity contribution is 7.98. The predicted octanol–water partition coefficient (Wildman–Crippen LogP) is 4.02. The molecular formula is C14H19Cl2NOS. The summed E-state index contributed by atoms with van der Waals surface area (Å²) in [4.78, 5) is 0. The second kappa shape index (κ2) is 7.07. The van der Waals surface area contributed by atoms with Crippen LogP contribution in [0.3, 0.4) is 0 Å². The van der Waals surface area contributed by atoms with Gasteiger partial charge in [0.1, 0.15) is 11.9 Å². The van der Waals surface area contributed by atoms with Crippen molar-refractivity contribution in [2.24, 2.45) is 5.92 Å². The summed E-state index contributed by atoms with van der Waals surface area (Å²) in [5, 5.41) is 4.64. The third kappa shape index (κ3) is 3.94. The molecule has 5 heteroatoms. The Kier molecular flexibility index (Phi) is 5.70. The summed E-state index contributed by atoms with van der Waals surface area (Å²) in [5.74, 6) is 2.31. The molecule has 0 aromatic heterocycles. The fourth-order valence-electron chi connectivity index (χ4n) is 2.41. The summed E-state index contributed by atoms with van der Waals surface area (Å²) >= 11 is 14.1. The first-order valence-electron chi connectivity index (χ1n) is 6.43. The van der Waals surface area contributed by atoms with Crippen LogP contribution in [0, 0.1) is 12.8 Å². The average Bonchev–Trinajstić information content (AvgIpc) is 2.85. The Hall–Kier alpha value is -0.0900. The standard InChI is InChI=1S/C14H19Cl2NOS/c1-9-5-11(15)6-12(16)14(9)18-13(8-19-2)10-3-4-17-7-10/h5-6,10,13,17H,3-4,7-8H2,1-2H3/t10-,13+/m0/s1. The van der Waals surface area contributed by atoms with Gasteiger partial charge in [0.25, 0.3) is 0 Å². The van der Waals surface area contributed by atoms with Gasteiger partial charge in [-0.3, -0.25) is 0 Å². The van der Waals surface area contributed by atoms with Crippen LogP contribution in [0.25, 0.3) is 0 Å². The highest BCUT2D eigenvalue weighted by atomic mass is 35.5. The van der Waals surface area contributed by atoms with E-state index in [1.807, 2.05) is 24.8 Å². The molecule has 1 aromatic carbocycles. The zero-order chi connectivity index (χ0) is 13.8. The molecule has 0 spiro atoms. The van der Waals surface area contributed by atoms with Crippen molar-refractivity contribution in [2.45, 2.75) is 19.4 Å². The van der Waals surface area contributed by atoms with Crippen LogP contribution in [0.5, 0.6) is 5.75 Å². The van der Waals surface area contributed by atoms with Crippen LogP contribution < -0.4 is 10.1 Å². The van der Waals surface area contributed by atoms with Crippen molar-refractivity contribution in [3.8, 4) is 5.75 Å². The molecule has 1 fully saturated rings. The van der Waals surface area contributed by atoms with E-state index < -0.39 is 0 Å². The molecule has 2 rings (SSSR count). The third-order valence-corrected chi connectivity index (χ3v) is 4.58. The molecule has 1 aliphatic heterocycles. The number of ether oxygens (including phenoxy) is 1. The molecule has 106 valence electrons. The first-order chi connectivity index (χ1) is 9.11. The minimum absolute atomic E-state index is 0.197. The van der Waals surface area contributed by atoms with Gasteiger partial charge >= 0.3 is 0 Å². The quantitative estimate of drug-likeness (QED) is 0.885. The summed E-state index contributed by atoms with van der Waals surface area (Å²) in [6.45, 7) is 4.08. The molecule has 1 heterocycles. The van der Waals surface area contributed by atoms with Gasteiger partial charge in [-0.1, -0.05) is 23.2 Å². The number of rotatable bonds is 5. The molecule has 0 radical (unpaired) electrons. The maximum Gasteiger partial charge on any atom is 0.141 e. The van der Waals surface area contributed by atoms with Crippen molar-refractivity contribution >= 4 is 35.0 Å². The monoisotopic (exact) mass is 319 g/mol. The van der Waals surface area contributed by atoms with Gasteiger partial charge in [-0.25, -0.2) is 0 Å². The van der Waals surface area contributed by atoms with Gasteiger partial charge in [0.2, 0.25) is 0 Å². The topological polar surface area (TPSA) is 21.3 Å². The Morgan fingerprint density at radius 3 is 2.84 bits per heavy atom. The lowest BCUT2D eigenvalue weighted by atomic mass is 10.0. The highest BCUT2D eigenvalue weighted by Gasteiger charge is 2.27. The van der Waals surface area contributed by atoms with E-state index in [9.17, 15) is 0 Å². The number of aryl methyl sites for hydroxylation is 1. The molecule has 0 unspecified atom stereocenters. The molecular weight excluding hydrogens is 301 g/mol. The molecule has 1 saturated heterocycles. The van der Waals surface area contributed by atoms with Gasteiger partial charge in [-0.05, 0) is 43.8 Å². The van der Waals surface area contributed by atoms with Gasteiger partial charge in [0, 0.05) is 23.2 Å². The van der Waals surface area contributed by atoms with Crippen LogP contribution in [0.1, 0.15) is 12.0 Å². The van der Waals surface area contributed by atoms with Crippen molar-refractivity contribution in [3.63, 3.8) is 0 Å². The average molecular weight is 320 g/mol. The molecule has 1 aromatic rings. The number of hydrogen-bond donors (Lipinski definition) is 1. The Morgan fingerprint density at radius 1 is 1.47 bits per heavy atom. The molecule has 19 heavy (non-hydrogen) atoms. The van der Waals surface area contributed by atoms with Crippen molar-refractivity contribution in [1.29, 1.82) is 0 Å². The van der Waals surface area contributed by atoms with E-state index in [1.54, 1.807) is 6.07 Å². The van der Waals surface area contributed by atoms with Crippen LogP contribution in [-0.2, 0) is 0 Å². The maximum absolute atomic E-state index is 6.25. The van der Waals surface area contributed by atoms with E-state index in [-0.39, 0.29) is 6.10 Å². The summed E-state index contributed by atoms with van der Waals surface area (Å²) in [7, 11) is 0. The van der Waals surface area contributed by atoms with Gasteiger partial charge in [0.15, 0.2) is 0 Å². The van der Waals surface area contributed by atoms with Crippen molar-refractivity contribution in [3.05, 3.63) is 27.7 Å². The molecule has 0 bridgehead atoms. The fourth-order valence-corrected chi connectivity index (χ4v) is 3.72. The maximum atomic E-state index is 6.25. The van der Waals surface area contributed by atoms with Crippen LogP contribution in [-0.4, -0.2) is 31.2 Å². The lowest BCUT2D eigenvalue weighted by Crippen LogP contribution is -2.31. The number of halogens is 2. The Bertz CT molecular complexity index is 412. The van der Waals surface area contributed by atoms with Crippen LogP contribution in [0.15, 0.2) is 12.1 Å². The zero-order valence-electron chi connectivity index (χ0n) is 11.2. The minimum atomic E-state index is 0.197. The van der Waals surface area contributed by atoms with E-state index in [0.29, 0.717) is 16.0 Å². The second-order valence-corrected chi connectivity index (χ2v) is 6.65. The van der Waals surface area contributed by atoms with Crippen LogP contribution in [0.2, 0.25) is 10.0 Å². The van der Waals surface area contributed by atoms with Gasteiger partial charge in [0.05, 0.1) is 5.02 Å². The van der Waals surface area contributed by atoms with E-state index >= 15 is 0 Å². The normalized spacial score (nSPS) is 20.5. The van der Waals surface area contributed by atoms with Crippen molar-refractivity contribution in [1.82, 2.24) is 5.32 Å². The number of hydrogen-bond acceptors (Lipinski definition) is 3. The lowest BCUT2D eigenvalue weighted by Gasteiger charge is -2.25. The summed E-state index contributed by atoms with van der Waals surface area (Å²) in [6, 6.07) is 3.64. The molecule has 0 amide bonds. The van der Waals surface area contributed by atoms with Crippen LogP contribution in [0.4, 0.5) is 0 Å². The molecule has 0 aliphatic carbocycles. The van der Waals surface area contributed by atoms with Crippen molar-refractivity contribution in [2.75, 3.05) is 25.1 Å². The predicted molar refractivity (Wildman–Crippen MR) is 85.0 cm³/mol. The first-order valence-corrected chi connectivity index (χ1v) is 8.58. The van der Waals surface area contributed by atoms with E-state index in [4.69, 9.17) is 27.9 Å². The van der Waals surface area contributed by atoms with E-state index in [2.05, 4.69) is 11.6 Å². The fraction of sp³-hybridized carbons (Fsp3) is 0.571. The lowest BCUT2D eigenvalue weighted by molar-refractivity contribution is 0.164.